The van der Waals surface area contributed by atoms with Gasteiger partial charge >= 0.3 is 0 Å². The van der Waals surface area contributed by atoms with Crippen LogP contribution >= 0.6 is 0 Å². The quantitative estimate of drug-likeness (QED) is 0.508. The molecule has 1 atom stereocenters. The monoisotopic (exact) mass is 285 g/mol. The molecule has 1 aliphatic rings. The molecule has 0 radical (unpaired) electrons. The molecule has 0 aromatic heterocycles. The van der Waals surface area contributed by atoms with Crippen LogP contribution in [0.3, 0.4) is 0 Å². The minimum absolute atomic E-state index is 0.506. The summed E-state index contributed by atoms with van der Waals surface area (Å²) in [6.07, 6.45) is 10.7. The molecule has 3 heteroatoms. The Bertz CT molecular complexity index is 205. The minimum atomic E-state index is 0.506. The average molecular weight is 285 g/mol. The lowest BCUT2D eigenvalue weighted by Crippen LogP contribution is -2.37. The topological polar surface area (TPSA) is 21.7 Å². The van der Waals surface area contributed by atoms with Crippen LogP contribution in [0.4, 0.5) is 0 Å². The van der Waals surface area contributed by atoms with E-state index in [-0.39, 0.29) is 0 Å². The molecule has 0 bridgehead atoms. The molecule has 0 aliphatic carbocycles. The van der Waals surface area contributed by atoms with Crippen LogP contribution < -0.4 is 0 Å². The Hall–Kier alpha value is -0.120. The van der Waals surface area contributed by atoms with Gasteiger partial charge in [-0.25, -0.2) is 0 Å². The van der Waals surface area contributed by atoms with Gasteiger partial charge in [0.25, 0.3) is 0 Å². The molecule has 1 heterocycles. The SMILES string of the molecule is CCCCCC(CCCC)OCCCN1CCOCC1. The molecule has 0 N–H and O–H groups in total. The number of hydrogen-bond donors (Lipinski definition) is 0. The van der Waals surface area contributed by atoms with Gasteiger partial charge in [-0.1, -0.05) is 46.0 Å². The highest BCUT2D eigenvalue weighted by atomic mass is 16.5. The Labute approximate surface area is 126 Å². The van der Waals surface area contributed by atoms with Crippen molar-refractivity contribution < 1.29 is 9.47 Å². The second-order valence-electron chi connectivity index (χ2n) is 5.94. The van der Waals surface area contributed by atoms with Gasteiger partial charge in [0.1, 0.15) is 0 Å². The highest BCUT2D eigenvalue weighted by molar-refractivity contribution is 4.63. The summed E-state index contributed by atoms with van der Waals surface area (Å²) in [6, 6.07) is 0. The van der Waals surface area contributed by atoms with Crippen LogP contribution in [0, 0.1) is 0 Å². The fourth-order valence-corrected chi connectivity index (χ4v) is 2.73. The Balaban J connectivity index is 2.06. The van der Waals surface area contributed by atoms with Gasteiger partial charge in [0, 0.05) is 26.2 Å². The maximum absolute atomic E-state index is 6.12. The van der Waals surface area contributed by atoms with Crippen molar-refractivity contribution >= 4 is 0 Å². The lowest BCUT2D eigenvalue weighted by molar-refractivity contribution is 0.0151. The van der Waals surface area contributed by atoms with E-state index in [0.717, 1.165) is 39.3 Å². The molecule has 120 valence electrons. The highest BCUT2D eigenvalue weighted by Crippen LogP contribution is 2.14. The van der Waals surface area contributed by atoms with Crippen molar-refractivity contribution in [2.45, 2.75) is 71.3 Å². The first-order valence-electron chi connectivity index (χ1n) is 8.78. The fourth-order valence-electron chi connectivity index (χ4n) is 2.73. The normalized spacial score (nSPS) is 18.3. The zero-order valence-corrected chi connectivity index (χ0v) is 13.7. The molecule has 20 heavy (non-hydrogen) atoms. The average Bonchev–Trinajstić information content (AvgIpc) is 2.49. The largest absolute Gasteiger partial charge is 0.379 e. The second kappa shape index (κ2) is 12.6. The summed E-state index contributed by atoms with van der Waals surface area (Å²) >= 11 is 0. The summed E-state index contributed by atoms with van der Waals surface area (Å²) in [4.78, 5) is 2.49. The van der Waals surface area contributed by atoms with Gasteiger partial charge in [0.2, 0.25) is 0 Å². The standard InChI is InChI=1S/C17H35NO2/c1-3-5-7-10-17(9-6-4-2)20-14-8-11-18-12-15-19-16-13-18/h17H,3-16H2,1-2H3. The summed E-state index contributed by atoms with van der Waals surface area (Å²) in [7, 11) is 0. The van der Waals surface area contributed by atoms with Crippen molar-refractivity contribution in [2.75, 3.05) is 39.5 Å². The van der Waals surface area contributed by atoms with E-state index in [9.17, 15) is 0 Å². The zero-order valence-electron chi connectivity index (χ0n) is 13.7. The highest BCUT2D eigenvalue weighted by Gasteiger charge is 2.11. The van der Waals surface area contributed by atoms with E-state index in [1.807, 2.05) is 0 Å². The van der Waals surface area contributed by atoms with E-state index in [1.54, 1.807) is 0 Å². The van der Waals surface area contributed by atoms with Crippen molar-refractivity contribution in [3.63, 3.8) is 0 Å². The third kappa shape index (κ3) is 8.93. The van der Waals surface area contributed by atoms with Crippen molar-refractivity contribution in [3.05, 3.63) is 0 Å². The van der Waals surface area contributed by atoms with E-state index < -0.39 is 0 Å². The molecule has 0 saturated carbocycles. The molecule has 0 amide bonds. The first-order valence-corrected chi connectivity index (χ1v) is 8.78. The van der Waals surface area contributed by atoms with Gasteiger partial charge in [-0.05, 0) is 19.3 Å². The van der Waals surface area contributed by atoms with E-state index in [4.69, 9.17) is 9.47 Å². The van der Waals surface area contributed by atoms with Gasteiger partial charge in [-0.15, -0.1) is 0 Å². The Morgan fingerprint density at radius 2 is 1.65 bits per heavy atom. The van der Waals surface area contributed by atoms with Gasteiger partial charge in [0.15, 0.2) is 0 Å². The summed E-state index contributed by atoms with van der Waals surface area (Å²) in [5, 5.41) is 0. The molecular formula is C17H35NO2. The summed E-state index contributed by atoms with van der Waals surface area (Å²) in [5.41, 5.74) is 0. The molecular weight excluding hydrogens is 250 g/mol. The molecule has 1 rings (SSSR count). The third-order valence-electron chi connectivity index (χ3n) is 4.09. The molecule has 3 nitrogen and oxygen atoms in total. The number of hydrogen-bond acceptors (Lipinski definition) is 3. The lowest BCUT2D eigenvalue weighted by Gasteiger charge is -2.26. The number of morpholine rings is 1. The Kier molecular flexibility index (Phi) is 11.3. The molecule has 1 saturated heterocycles. The van der Waals surface area contributed by atoms with E-state index in [1.165, 1.54) is 51.5 Å². The van der Waals surface area contributed by atoms with E-state index in [0.29, 0.717) is 6.10 Å². The third-order valence-corrected chi connectivity index (χ3v) is 4.09. The van der Waals surface area contributed by atoms with Crippen LogP contribution in [-0.4, -0.2) is 50.5 Å². The van der Waals surface area contributed by atoms with Crippen LogP contribution in [0.5, 0.6) is 0 Å². The first-order chi connectivity index (χ1) is 9.86. The zero-order chi connectivity index (χ0) is 14.5. The maximum Gasteiger partial charge on any atom is 0.0594 e. The first kappa shape index (κ1) is 17.9. The second-order valence-corrected chi connectivity index (χ2v) is 5.94. The summed E-state index contributed by atoms with van der Waals surface area (Å²) in [5.74, 6) is 0. The fraction of sp³-hybridized carbons (Fsp3) is 1.00. The lowest BCUT2D eigenvalue weighted by atomic mass is 10.1. The van der Waals surface area contributed by atoms with Gasteiger partial charge in [0.05, 0.1) is 19.3 Å². The van der Waals surface area contributed by atoms with Crippen LogP contribution in [0.2, 0.25) is 0 Å². The minimum Gasteiger partial charge on any atom is -0.379 e. The Morgan fingerprint density at radius 3 is 2.35 bits per heavy atom. The molecule has 0 aromatic carbocycles. The molecule has 0 spiro atoms. The number of ether oxygens (including phenoxy) is 2. The van der Waals surface area contributed by atoms with E-state index >= 15 is 0 Å². The number of rotatable bonds is 12. The van der Waals surface area contributed by atoms with Crippen LogP contribution in [0.1, 0.15) is 65.2 Å². The predicted molar refractivity (Wildman–Crippen MR) is 85.3 cm³/mol. The summed E-state index contributed by atoms with van der Waals surface area (Å²) < 4.78 is 11.5. The molecule has 1 unspecified atom stereocenters. The van der Waals surface area contributed by atoms with Crippen LogP contribution in [0.25, 0.3) is 0 Å². The van der Waals surface area contributed by atoms with Gasteiger partial charge < -0.3 is 9.47 Å². The summed E-state index contributed by atoms with van der Waals surface area (Å²) in [6.45, 7) is 10.6. The van der Waals surface area contributed by atoms with Crippen molar-refractivity contribution in [1.29, 1.82) is 0 Å². The van der Waals surface area contributed by atoms with E-state index in [2.05, 4.69) is 18.7 Å². The molecule has 0 aromatic rings. The van der Waals surface area contributed by atoms with Crippen LogP contribution in [-0.2, 0) is 9.47 Å². The van der Waals surface area contributed by atoms with Crippen molar-refractivity contribution in [2.24, 2.45) is 0 Å². The van der Waals surface area contributed by atoms with Crippen LogP contribution in [0.15, 0.2) is 0 Å². The predicted octanol–water partition coefficient (Wildman–Crippen LogP) is 3.86. The van der Waals surface area contributed by atoms with Gasteiger partial charge in [-0.2, -0.15) is 0 Å². The van der Waals surface area contributed by atoms with Crippen molar-refractivity contribution in [3.8, 4) is 0 Å². The number of nitrogens with zero attached hydrogens (tertiary/aromatic N) is 1. The Morgan fingerprint density at radius 1 is 0.950 bits per heavy atom. The van der Waals surface area contributed by atoms with Gasteiger partial charge in [-0.3, -0.25) is 4.90 Å². The number of unbranched alkanes of at least 4 members (excludes halogenated alkanes) is 3. The smallest absolute Gasteiger partial charge is 0.0594 e. The molecule has 1 aliphatic heterocycles. The molecule has 1 fully saturated rings. The van der Waals surface area contributed by atoms with Crippen molar-refractivity contribution in [1.82, 2.24) is 4.90 Å². The maximum atomic E-state index is 6.12.